The molecule has 0 spiro atoms. The Morgan fingerprint density at radius 3 is 2.56 bits per heavy atom. The molecule has 1 saturated heterocycles. The van der Waals surface area contributed by atoms with Crippen molar-refractivity contribution in [2.45, 2.75) is 31.7 Å². The minimum Gasteiger partial charge on any atom is -0.534 e. The third-order valence-corrected chi connectivity index (χ3v) is 6.83. The molecule has 2 aromatic carbocycles. The van der Waals surface area contributed by atoms with Gasteiger partial charge in [0.05, 0.1) is 11.5 Å². The third kappa shape index (κ3) is 6.58. The summed E-state index contributed by atoms with van der Waals surface area (Å²) < 4.78 is 23.2. The van der Waals surface area contributed by atoms with E-state index in [9.17, 15) is 38.8 Å². The number of hydrogen-bond acceptors (Lipinski definition) is 9. The molecule has 0 radical (unpaired) electrons. The van der Waals surface area contributed by atoms with Crippen LogP contribution in [0.15, 0.2) is 42.5 Å². The van der Waals surface area contributed by atoms with Gasteiger partial charge in [0.2, 0.25) is 5.91 Å². The number of likely N-dealkylation sites (N-methyl/N-ethyl adjacent to an activating group) is 1. The topological polar surface area (TPSA) is 178 Å². The number of carbonyl (C=O) groups excluding carboxylic acids is 3. The van der Waals surface area contributed by atoms with Gasteiger partial charge in [0.25, 0.3) is 0 Å². The van der Waals surface area contributed by atoms with E-state index in [2.05, 4.69) is 10.6 Å². The van der Waals surface area contributed by atoms with E-state index in [0.717, 1.165) is 4.90 Å². The Labute approximate surface area is 235 Å². The van der Waals surface area contributed by atoms with Crippen LogP contribution in [0, 0.1) is 0 Å². The van der Waals surface area contributed by atoms with E-state index >= 15 is 0 Å². The predicted octanol–water partition coefficient (Wildman–Crippen LogP) is -0.530. The van der Waals surface area contributed by atoms with Crippen LogP contribution >= 0.6 is 0 Å². The number of aliphatic hydroxyl groups is 1. The van der Waals surface area contributed by atoms with Crippen LogP contribution in [0.2, 0.25) is 0 Å². The number of nitrogens with zero attached hydrogens (tertiary/aromatic N) is 2. The maximum Gasteiger partial charge on any atom is 0.547 e. The monoisotopic (exact) mass is 572 g/mol. The van der Waals surface area contributed by atoms with Crippen LogP contribution in [-0.4, -0.2) is 101 Å². The number of piperazine rings is 1. The first-order chi connectivity index (χ1) is 19.6. The summed E-state index contributed by atoms with van der Waals surface area (Å²) in [7, 11) is -1.59. The number of nitrogens with one attached hydrogen (secondary N) is 2. The number of alkyl halides is 1. The molecular weight excluding hydrogens is 542 g/mol. The second-order valence-corrected chi connectivity index (χ2v) is 9.39. The number of carboxylic acids is 1. The molecule has 0 aliphatic carbocycles. The fourth-order valence-electron chi connectivity index (χ4n) is 4.68. The number of para-hydroxylation sites is 1. The highest BCUT2D eigenvalue weighted by Gasteiger charge is 2.40. The van der Waals surface area contributed by atoms with E-state index in [1.54, 1.807) is 13.0 Å². The van der Waals surface area contributed by atoms with Crippen LogP contribution in [0.5, 0.6) is 11.5 Å². The number of hydrogen-bond donors (Lipinski definition) is 5. The molecule has 1 fully saturated rings. The maximum atomic E-state index is 13.6. The molecule has 2 heterocycles. The van der Waals surface area contributed by atoms with Crippen LogP contribution in [0.4, 0.5) is 4.39 Å². The minimum absolute atomic E-state index is 0.00126. The van der Waals surface area contributed by atoms with Crippen LogP contribution in [0.1, 0.15) is 34.5 Å². The lowest BCUT2D eigenvalue weighted by Crippen LogP contribution is -2.62. The Morgan fingerprint density at radius 1 is 1.17 bits per heavy atom. The van der Waals surface area contributed by atoms with Crippen molar-refractivity contribution in [2.24, 2.45) is 0 Å². The van der Waals surface area contributed by atoms with E-state index in [0.29, 0.717) is 23.4 Å². The molecule has 4 rings (SSSR count). The minimum atomic E-state index is -1.73. The molecule has 2 unspecified atom stereocenters. The Morgan fingerprint density at radius 2 is 1.90 bits per heavy atom. The lowest BCUT2D eigenvalue weighted by atomic mass is 9.72. The van der Waals surface area contributed by atoms with E-state index in [4.69, 9.17) is 9.39 Å². The van der Waals surface area contributed by atoms with Gasteiger partial charge in [0, 0.05) is 19.6 Å². The molecule has 2 aliphatic rings. The van der Waals surface area contributed by atoms with Crippen molar-refractivity contribution in [2.75, 3.05) is 32.9 Å². The van der Waals surface area contributed by atoms with Crippen molar-refractivity contribution in [3.05, 3.63) is 59.2 Å². The normalized spacial score (nSPS) is 18.3. The van der Waals surface area contributed by atoms with Crippen molar-refractivity contribution in [1.29, 1.82) is 0 Å². The van der Waals surface area contributed by atoms with Gasteiger partial charge in [0.1, 0.15) is 30.8 Å². The van der Waals surface area contributed by atoms with Gasteiger partial charge in [0.15, 0.2) is 6.35 Å². The average Bonchev–Trinajstić information content (AvgIpc) is 2.96. The fourth-order valence-corrected chi connectivity index (χ4v) is 4.68. The summed E-state index contributed by atoms with van der Waals surface area (Å²) in [4.78, 5) is 52.3. The molecule has 3 atom stereocenters. The summed E-state index contributed by atoms with van der Waals surface area (Å²) in [5, 5.41) is 36.2. The highest BCUT2D eigenvalue weighted by atomic mass is 19.1. The predicted molar refractivity (Wildman–Crippen MR) is 141 cm³/mol. The highest BCUT2D eigenvalue weighted by Crippen LogP contribution is 2.30. The summed E-state index contributed by atoms with van der Waals surface area (Å²) >= 11 is 0. The molecule has 5 N–H and O–H groups in total. The molecular formula is C26H30BFN4O9. The van der Waals surface area contributed by atoms with E-state index in [1.165, 1.54) is 41.3 Å². The number of halogens is 1. The van der Waals surface area contributed by atoms with Crippen molar-refractivity contribution in [3.8, 4) is 11.5 Å². The smallest absolute Gasteiger partial charge is 0.534 e. The zero-order valence-corrected chi connectivity index (χ0v) is 22.2. The van der Waals surface area contributed by atoms with E-state index in [-0.39, 0.29) is 37.4 Å². The molecule has 218 valence electrons. The van der Waals surface area contributed by atoms with E-state index < -0.39 is 55.8 Å². The van der Waals surface area contributed by atoms with Gasteiger partial charge in [-0.1, -0.05) is 24.3 Å². The number of ether oxygens (including phenoxy) is 1. The van der Waals surface area contributed by atoms with Gasteiger partial charge < -0.3 is 34.8 Å². The quantitative estimate of drug-likeness (QED) is 0.134. The number of fused-ring (bicyclic) bond motifs is 1. The van der Waals surface area contributed by atoms with Gasteiger partial charge >= 0.3 is 24.9 Å². The molecule has 41 heavy (non-hydrogen) atoms. The molecule has 0 aromatic heterocycles. The van der Waals surface area contributed by atoms with Crippen LogP contribution in [0.25, 0.3) is 0 Å². The second-order valence-electron chi connectivity index (χ2n) is 9.39. The molecule has 15 heteroatoms. The zero-order valence-electron chi connectivity index (χ0n) is 22.2. The number of benzene rings is 2. The SMILES string of the molecule is CCN1CCN(C(O)NC(C(=O)N[C@H]2Cc3cccc(C(=O)O)c3OB2O)c2ccc(OCCF)cc2)C(=O)C1=O. The summed E-state index contributed by atoms with van der Waals surface area (Å²) in [6.45, 7) is 1.41. The summed E-state index contributed by atoms with van der Waals surface area (Å²) in [6.07, 6.45) is -1.68. The first-order valence-electron chi connectivity index (χ1n) is 13.0. The highest BCUT2D eigenvalue weighted by molar-refractivity contribution is 6.47. The van der Waals surface area contributed by atoms with Crippen molar-refractivity contribution in [1.82, 2.24) is 20.4 Å². The standard InChI is InChI=1S/C26H30BFN4O9/c1-2-31-11-12-32(24(35)23(31)34)26(38)30-20(15-6-8-17(9-7-15)40-13-10-28)22(33)29-19-14-16-4-3-5-18(25(36)37)21(16)41-27(19)39/h3-9,19-20,26,30,38-39H,2,10-14H2,1H3,(H,29,33)(H,36,37)/t19-,20?,26?/m0/s1. The summed E-state index contributed by atoms with van der Waals surface area (Å²) in [5.41, 5.74) is 0.642. The lowest BCUT2D eigenvalue weighted by molar-refractivity contribution is -0.166. The van der Waals surface area contributed by atoms with Gasteiger partial charge in [-0.25, -0.2) is 9.18 Å². The van der Waals surface area contributed by atoms with Gasteiger partial charge in [-0.05, 0) is 42.7 Å². The van der Waals surface area contributed by atoms with Crippen molar-refractivity contribution >= 4 is 30.8 Å². The Balaban J connectivity index is 1.55. The molecule has 13 nitrogen and oxygen atoms in total. The first kappa shape index (κ1) is 29.8. The Hall–Kier alpha value is -4.21. The number of carboxylic acid groups (broad SMARTS) is 1. The molecule has 0 saturated carbocycles. The van der Waals surface area contributed by atoms with Gasteiger partial charge in [-0.2, -0.15) is 0 Å². The first-order valence-corrected chi connectivity index (χ1v) is 13.0. The number of rotatable bonds is 11. The third-order valence-electron chi connectivity index (χ3n) is 6.83. The number of aromatic carboxylic acids is 1. The molecule has 0 bridgehead atoms. The second kappa shape index (κ2) is 13.0. The van der Waals surface area contributed by atoms with Crippen LogP contribution in [0.3, 0.4) is 0 Å². The summed E-state index contributed by atoms with van der Waals surface area (Å²) in [6, 6.07) is 9.16. The largest absolute Gasteiger partial charge is 0.547 e. The Kier molecular flexibility index (Phi) is 9.42. The number of aliphatic hydroxyl groups excluding tert-OH is 1. The van der Waals surface area contributed by atoms with Crippen molar-refractivity contribution in [3.63, 3.8) is 0 Å². The fraction of sp³-hybridized carbons (Fsp3) is 0.385. The van der Waals surface area contributed by atoms with Crippen LogP contribution in [-0.2, 0) is 20.8 Å². The maximum absolute atomic E-state index is 13.6. The van der Waals surface area contributed by atoms with Gasteiger partial charge in [-0.15, -0.1) is 0 Å². The van der Waals surface area contributed by atoms with Crippen molar-refractivity contribution < 1.29 is 48.2 Å². The van der Waals surface area contributed by atoms with E-state index in [1.807, 2.05) is 0 Å². The molecule has 3 amide bonds. The number of amides is 3. The van der Waals surface area contributed by atoms with Crippen LogP contribution < -0.4 is 20.0 Å². The van der Waals surface area contributed by atoms with Gasteiger partial charge in [-0.3, -0.25) is 24.6 Å². The zero-order chi connectivity index (χ0) is 29.7. The molecule has 2 aliphatic heterocycles. The summed E-state index contributed by atoms with van der Waals surface area (Å²) in [5.74, 6) is -4.33. The lowest BCUT2D eigenvalue weighted by Gasteiger charge is -2.37. The Bertz CT molecular complexity index is 1300. The number of carbonyl (C=O) groups is 4. The molecule has 2 aromatic rings. The average molecular weight is 572 g/mol.